The molecule has 61 valence electrons. The molecule has 0 spiro atoms. The number of rotatable bonds is 1. The minimum absolute atomic E-state index is 0.463. The zero-order valence-corrected chi connectivity index (χ0v) is 6.62. The molecule has 1 radical (unpaired) electrons. The maximum atomic E-state index is 10.5. The second-order valence-corrected chi connectivity index (χ2v) is 2.82. The first-order chi connectivity index (χ1) is 5.92. The van der Waals surface area contributed by atoms with Gasteiger partial charge in [0.2, 0.25) is 6.29 Å². The fraction of sp³-hybridized carbons (Fsp3) is 0.300. The molecule has 2 rings (SSSR count). The number of benzene rings is 1. The van der Waals surface area contributed by atoms with E-state index in [1.54, 1.807) is 0 Å². The normalized spacial score (nSPS) is 21.5. The van der Waals surface area contributed by atoms with Crippen molar-refractivity contribution >= 4 is 6.29 Å². The monoisotopic (exact) mass is 161 g/mol. The second kappa shape index (κ2) is 3.07. The summed E-state index contributed by atoms with van der Waals surface area (Å²) in [5.74, 6) is 0. The first kappa shape index (κ1) is 7.50. The molecular weight excluding hydrogens is 152 g/mol. The highest BCUT2D eigenvalue weighted by molar-refractivity contribution is 5.62. The topological polar surface area (TPSA) is 26.3 Å². The van der Waals surface area contributed by atoms with Crippen LogP contribution in [0.15, 0.2) is 24.3 Å². The summed E-state index contributed by atoms with van der Waals surface area (Å²) in [6, 6.07) is 7.84. The van der Waals surface area contributed by atoms with Crippen LogP contribution in [0.2, 0.25) is 0 Å². The van der Waals surface area contributed by atoms with E-state index in [0.29, 0.717) is 6.61 Å². The maximum absolute atomic E-state index is 10.5. The van der Waals surface area contributed by atoms with E-state index in [1.807, 2.05) is 30.6 Å². The van der Waals surface area contributed by atoms with Gasteiger partial charge in [-0.25, -0.2) is 0 Å². The van der Waals surface area contributed by atoms with Gasteiger partial charge in [0, 0.05) is 0 Å². The van der Waals surface area contributed by atoms with Crippen molar-refractivity contribution in [3.8, 4) is 0 Å². The Kier molecular flexibility index (Phi) is 1.92. The summed E-state index contributed by atoms with van der Waals surface area (Å²) in [5.41, 5.74) is 2.18. The van der Waals surface area contributed by atoms with Crippen LogP contribution in [0.3, 0.4) is 0 Å². The average Bonchev–Trinajstić information content (AvgIpc) is 2.17. The molecule has 1 heterocycles. The SMILES string of the molecule is O=[C]C1OCCc2ccccc21. The van der Waals surface area contributed by atoms with Gasteiger partial charge in [-0.2, -0.15) is 0 Å². The second-order valence-electron chi connectivity index (χ2n) is 2.82. The van der Waals surface area contributed by atoms with Crippen molar-refractivity contribution in [2.45, 2.75) is 12.5 Å². The van der Waals surface area contributed by atoms with Crippen molar-refractivity contribution in [2.75, 3.05) is 6.61 Å². The molecule has 12 heavy (non-hydrogen) atoms. The Bertz CT molecular complexity index is 294. The number of fused-ring (bicyclic) bond motifs is 1. The van der Waals surface area contributed by atoms with Crippen LogP contribution in [0.1, 0.15) is 17.2 Å². The molecule has 1 aliphatic heterocycles. The zero-order valence-electron chi connectivity index (χ0n) is 6.62. The van der Waals surface area contributed by atoms with Crippen LogP contribution in [0, 0.1) is 0 Å². The highest BCUT2D eigenvalue weighted by atomic mass is 16.5. The van der Waals surface area contributed by atoms with Gasteiger partial charge in [-0.1, -0.05) is 24.3 Å². The molecule has 2 nitrogen and oxygen atoms in total. The first-order valence-corrected chi connectivity index (χ1v) is 3.99. The molecule has 1 aromatic carbocycles. The summed E-state index contributed by atoms with van der Waals surface area (Å²) >= 11 is 0. The van der Waals surface area contributed by atoms with Crippen LogP contribution < -0.4 is 0 Å². The van der Waals surface area contributed by atoms with E-state index in [-0.39, 0.29) is 0 Å². The molecule has 0 amide bonds. The molecule has 1 atom stereocenters. The Morgan fingerprint density at radius 1 is 1.42 bits per heavy atom. The molecule has 0 fully saturated rings. The van der Waals surface area contributed by atoms with E-state index in [2.05, 4.69) is 0 Å². The van der Waals surface area contributed by atoms with Gasteiger partial charge in [-0.15, -0.1) is 0 Å². The Labute approximate surface area is 71.2 Å². The molecule has 2 heteroatoms. The highest BCUT2D eigenvalue weighted by Crippen LogP contribution is 2.24. The lowest BCUT2D eigenvalue weighted by molar-refractivity contribution is 0.0857. The van der Waals surface area contributed by atoms with Crippen molar-refractivity contribution in [3.63, 3.8) is 0 Å². The van der Waals surface area contributed by atoms with Crippen LogP contribution in [0.4, 0.5) is 0 Å². The molecule has 1 aromatic rings. The standard InChI is InChI=1S/C10H9O2/c11-7-10-9-4-2-1-3-8(9)5-6-12-10/h1-4,10H,5-6H2. The van der Waals surface area contributed by atoms with Crippen molar-refractivity contribution in [3.05, 3.63) is 35.4 Å². The molecule has 0 saturated heterocycles. The maximum Gasteiger partial charge on any atom is 0.234 e. The highest BCUT2D eigenvalue weighted by Gasteiger charge is 2.19. The quantitative estimate of drug-likeness (QED) is 0.622. The van der Waals surface area contributed by atoms with Gasteiger partial charge >= 0.3 is 0 Å². The molecule has 0 saturated carbocycles. The molecule has 1 aliphatic rings. The number of hydrogen-bond acceptors (Lipinski definition) is 2. The lowest BCUT2D eigenvalue weighted by atomic mass is 9.98. The predicted molar refractivity (Wildman–Crippen MR) is 44.5 cm³/mol. The lowest BCUT2D eigenvalue weighted by Crippen LogP contribution is -2.16. The number of ether oxygens (including phenoxy) is 1. The number of carbonyl (C=O) groups excluding carboxylic acids is 1. The third-order valence-corrected chi connectivity index (χ3v) is 2.10. The van der Waals surface area contributed by atoms with Gasteiger partial charge in [-0.3, -0.25) is 4.79 Å². The largest absolute Gasteiger partial charge is 0.365 e. The van der Waals surface area contributed by atoms with Crippen molar-refractivity contribution in [2.24, 2.45) is 0 Å². The van der Waals surface area contributed by atoms with E-state index in [4.69, 9.17) is 4.74 Å². The molecule has 0 aromatic heterocycles. The van der Waals surface area contributed by atoms with Crippen molar-refractivity contribution < 1.29 is 9.53 Å². The van der Waals surface area contributed by atoms with Gasteiger partial charge in [0.05, 0.1) is 6.61 Å². The third-order valence-electron chi connectivity index (χ3n) is 2.10. The lowest BCUT2D eigenvalue weighted by Gasteiger charge is -2.20. The van der Waals surface area contributed by atoms with Crippen LogP contribution in [0.25, 0.3) is 0 Å². The van der Waals surface area contributed by atoms with E-state index >= 15 is 0 Å². The van der Waals surface area contributed by atoms with Crippen molar-refractivity contribution in [1.29, 1.82) is 0 Å². The Morgan fingerprint density at radius 3 is 3.08 bits per heavy atom. The van der Waals surface area contributed by atoms with Crippen LogP contribution in [0.5, 0.6) is 0 Å². The van der Waals surface area contributed by atoms with Crippen LogP contribution >= 0.6 is 0 Å². The Morgan fingerprint density at radius 2 is 2.25 bits per heavy atom. The molecular formula is C10H9O2. The van der Waals surface area contributed by atoms with E-state index in [1.165, 1.54) is 5.56 Å². The molecule has 0 bridgehead atoms. The van der Waals surface area contributed by atoms with E-state index < -0.39 is 6.10 Å². The summed E-state index contributed by atoms with van der Waals surface area (Å²) in [5, 5.41) is 0. The van der Waals surface area contributed by atoms with Gasteiger partial charge in [0.25, 0.3) is 0 Å². The van der Waals surface area contributed by atoms with Gasteiger partial charge in [-0.05, 0) is 17.5 Å². The van der Waals surface area contributed by atoms with Gasteiger partial charge < -0.3 is 4.74 Å². The number of hydrogen-bond donors (Lipinski definition) is 0. The van der Waals surface area contributed by atoms with Gasteiger partial charge in [0.1, 0.15) is 6.10 Å². The Hall–Kier alpha value is -1.15. The summed E-state index contributed by atoms with van der Waals surface area (Å²) in [6.07, 6.45) is 2.32. The van der Waals surface area contributed by atoms with E-state index in [0.717, 1.165) is 12.0 Å². The van der Waals surface area contributed by atoms with Gasteiger partial charge in [0.15, 0.2) is 0 Å². The zero-order chi connectivity index (χ0) is 8.39. The summed E-state index contributed by atoms with van der Waals surface area (Å²) in [6.45, 7) is 0.622. The molecule has 0 aliphatic carbocycles. The van der Waals surface area contributed by atoms with E-state index in [9.17, 15) is 4.79 Å². The third kappa shape index (κ3) is 1.14. The minimum Gasteiger partial charge on any atom is -0.365 e. The fourth-order valence-corrected chi connectivity index (χ4v) is 1.49. The van der Waals surface area contributed by atoms with Crippen LogP contribution in [-0.2, 0) is 16.0 Å². The summed E-state index contributed by atoms with van der Waals surface area (Å²) in [4.78, 5) is 10.5. The molecule has 1 unspecified atom stereocenters. The van der Waals surface area contributed by atoms with Crippen LogP contribution in [-0.4, -0.2) is 12.9 Å². The fourth-order valence-electron chi connectivity index (χ4n) is 1.49. The molecule has 0 N–H and O–H groups in total. The van der Waals surface area contributed by atoms with Crippen molar-refractivity contribution in [1.82, 2.24) is 0 Å². The minimum atomic E-state index is -0.463. The Balaban J connectivity index is 2.43. The smallest absolute Gasteiger partial charge is 0.234 e. The average molecular weight is 161 g/mol. The first-order valence-electron chi connectivity index (χ1n) is 3.99. The summed E-state index contributed by atoms with van der Waals surface area (Å²) in [7, 11) is 0. The summed E-state index contributed by atoms with van der Waals surface area (Å²) < 4.78 is 5.23. The predicted octanol–water partition coefficient (Wildman–Crippen LogP) is 1.41.